The molecule has 8 heteroatoms. The number of H-pyrrole nitrogens is 2. The van der Waals surface area contributed by atoms with Crippen molar-refractivity contribution in [1.82, 2.24) is 15.2 Å². The quantitative estimate of drug-likeness (QED) is 0.663. The molecule has 0 spiro atoms. The summed E-state index contributed by atoms with van der Waals surface area (Å²) >= 11 is 1.23. The first kappa shape index (κ1) is 15.5. The zero-order chi connectivity index (χ0) is 17.1. The molecule has 0 aliphatic heterocycles. The Bertz CT molecular complexity index is 977. The zero-order valence-corrected chi connectivity index (χ0v) is 13.6. The molecule has 0 bridgehead atoms. The minimum atomic E-state index is -3.01. The molecule has 3 heterocycles. The van der Waals surface area contributed by atoms with Crippen LogP contribution in [0.15, 0.2) is 23.3 Å². The normalized spacial score (nSPS) is 22.7. The molecule has 3 aromatic rings. The molecule has 0 amide bonds. The first-order valence-electron chi connectivity index (χ1n) is 7.61. The van der Waals surface area contributed by atoms with Crippen molar-refractivity contribution < 1.29 is 13.9 Å². The second-order valence-electron chi connectivity index (χ2n) is 6.24. The Labute approximate surface area is 139 Å². The molecule has 0 unspecified atom stereocenters. The summed E-state index contributed by atoms with van der Waals surface area (Å²) in [7, 11) is 0. The maximum absolute atomic E-state index is 14.2. The topological polar surface area (TPSA) is 81.8 Å². The lowest BCUT2D eigenvalue weighted by atomic mass is 9.78. The number of fused-ring (bicyclic) bond motifs is 3. The molecular weight excluding hydrogens is 336 g/mol. The Balaban J connectivity index is 2.03. The average molecular weight is 351 g/mol. The van der Waals surface area contributed by atoms with E-state index in [0.29, 0.717) is 15.6 Å². The zero-order valence-electron chi connectivity index (χ0n) is 12.8. The predicted octanol–water partition coefficient (Wildman–Crippen LogP) is 3.16. The summed E-state index contributed by atoms with van der Waals surface area (Å²) in [6.07, 6.45) is 2.24. The average Bonchev–Trinajstić information content (AvgIpc) is 3.16. The third-order valence-electron chi connectivity index (χ3n) is 4.62. The van der Waals surface area contributed by atoms with Crippen LogP contribution in [0.25, 0.3) is 20.5 Å². The molecule has 0 saturated carbocycles. The van der Waals surface area contributed by atoms with Gasteiger partial charge in [-0.2, -0.15) is 5.10 Å². The van der Waals surface area contributed by atoms with Crippen molar-refractivity contribution in [2.24, 2.45) is 0 Å². The molecule has 3 aromatic heterocycles. The number of rotatable bonds is 2. The number of aromatic amines is 2. The highest BCUT2D eigenvalue weighted by Gasteiger charge is 2.48. The van der Waals surface area contributed by atoms with Crippen molar-refractivity contribution in [3.8, 4) is 10.4 Å². The van der Waals surface area contributed by atoms with E-state index in [9.17, 15) is 18.7 Å². The number of hydrogen-bond acceptors (Lipinski definition) is 4. The molecule has 3 N–H and O–H groups in total. The fraction of sp³-hybridized carbons (Fsp3) is 0.375. The third kappa shape index (κ3) is 2.21. The van der Waals surface area contributed by atoms with E-state index in [-0.39, 0.29) is 17.7 Å². The Morgan fingerprint density at radius 3 is 2.92 bits per heavy atom. The van der Waals surface area contributed by atoms with Crippen molar-refractivity contribution in [3.63, 3.8) is 0 Å². The van der Waals surface area contributed by atoms with Crippen LogP contribution < -0.4 is 5.56 Å². The Hall–Kier alpha value is -2.06. The highest BCUT2D eigenvalue weighted by molar-refractivity contribution is 7.22. The van der Waals surface area contributed by atoms with Crippen LogP contribution in [0.1, 0.15) is 31.0 Å². The lowest BCUT2D eigenvalue weighted by Gasteiger charge is -2.37. The summed E-state index contributed by atoms with van der Waals surface area (Å²) in [5.74, 6) is -3.01. The first-order chi connectivity index (χ1) is 11.3. The summed E-state index contributed by atoms with van der Waals surface area (Å²) in [6, 6.07) is 1.73. The maximum Gasteiger partial charge on any atom is 0.266 e. The fourth-order valence-corrected chi connectivity index (χ4v) is 4.47. The number of nitrogens with one attached hydrogen (secondary N) is 2. The molecule has 0 radical (unpaired) electrons. The van der Waals surface area contributed by atoms with E-state index in [1.165, 1.54) is 11.3 Å². The van der Waals surface area contributed by atoms with Gasteiger partial charge in [0.25, 0.3) is 11.5 Å². The number of thiophene rings is 1. The van der Waals surface area contributed by atoms with Crippen molar-refractivity contribution >= 4 is 21.4 Å². The van der Waals surface area contributed by atoms with Crippen LogP contribution in [0.4, 0.5) is 8.78 Å². The van der Waals surface area contributed by atoms with Gasteiger partial charge in [0.05, 0.1) is 11.9 Å². The van der Waals surface area contributed by atoms with Gasteiger partial charge in [-0.3, -0.25) is 9.89 Å². The molecule has 0 fully saturated rings. The molecular formula is C16H15F2N3O2S. The molecule has 1 aliphatic rings. The largest absolute Gasteiger partial charge is 0.383 e. The standard InChI is InChI=1S/C16H15F2N3O2S/c1-2-15(23)7-16(17,18)4-10-9-3-11(8-5-19-20-6-8)24-12(9)14(22)21-13(10)15/h3,5-6,23H,2,4,7H2,1H3,(H,19,20)(H,21,22)/t15-/m1/s1. The number of pyridine rings is 1. The van der Waals surface area contributed by atoms with Crippen molar-refractivity contribution in [2.45, 2.75) is 37.7 Å². The van der Waals surface area contributed by atoms with E-state index < -0.39 is 24.4 Å². The van der Waals surface area contributed by atoms with Crippen LogP contribution in [-0.4, -0.2) is 26.2 Å². The monoisotopic (exact) mass is 351 g/mol. The summed E-state index contributed by atoms with van der Waals surface area (Å²) in [5, 5.41) is 17.7. The van der Waals surface area contributed by atoms with E-state index in [1.54, 1.807) is 25.4 Å². The predicted molar refractivity (Wildman–Crippen MR) is 87.5 cm³/mol. The Morgan fingerprint density at radius 2 is 2.25 bits per heavy atom. The van der Waals surface area contributed by atoms with E-state index >= 15 is 0 Å². The Kier molecular flexibility index (Phi) is 3.20. The van der Waals surface area contributed by atoms with Crippen LogP contribution in [-0.2, 0) is 12.0 Å². The molecule has 24 heavy (non-hydrogen) atoms. The summed E-state index contributed by atoms with van der Waals surface area (Å²) in [4.78, 5) is 15.9. The van der Waals surface area contributed by atoms with Crippen LogP contribution in [0.2, 0.25) is 0 Å². The van der Waals surface area contributed by atoms with Crippen molar-refractivity contribution in [2.75, 3.05) is 0 Å². The third-order valence-corrected chi connectivity index (χ3v) is 5.81. The van der Waals surface area contributed by atoms with Gasteiger partial charge in [0.2, 0.25) is 0 Å². The molecule has 4 rings (SSSR count). The first-order valence-corrected chi connectivity index (χ1v) is 8.43. The maximum atomic E-state index is 14.2. The van der Waals surface area contributed by atoms with Crippen LogP contribution in [0, 0.1) is 0 Å². The minimum absolute atomic E-state index is 0.107. The molecule has 1 aliphatic carbocycles. The summed E-state index contributed by atoms with van der Waals surface area (Å²) < 4.78 is 28.8. The van der Waals surface area contributed by atoms with E-state index in [4.69, 9.17) is 0 Å². The lowest BCUT2D eigenvalue weighted by Crippen LogP contribution is -2.42. The van der Waals surface area contributed by atoms with E-state index in [0.717, 1.165) is 10.4 Å². The van der Waals surface area contributed by atoms with Crippen molar-refractivity contribution in [3.05, 3.63) is 40.1 Å². The van der Waals surface area contributed by atoms with Gasteiger partial charge in [0.1, 0.15) is 10.3 Å². The molecule has 0 saturated heterocycles. The number of aromatic nitrogens is 3. The second-order valence-corrected chi connectivity index (χ2v) is 7.29. The van der Waals surface area contributed by atoms with Crippen molar-refractivity contribution in [1.29, 1.82) is 0 Å². The molecule has 1 atom stereocenters. The summed E-state index contributed by atoms with van der Waals surface area (Å²) in [5.41, 5.74) is -0.734. The Morgan fingerprint density at radius 1 is 1.46 bits per heavy atom. The number of alkyl halides is 2. The highest BCUT2D eigenvalue weighted by Crippen LogP contribution is 2.46. The lowest BCUT2D eigenvalue weighted by molar-refractivity contribution is -0.107. The van der Waals surface area contributed by atoms with Crippen LogP contribution in [0.3, 0.4) is 0 Å². The van der Waals surface area contributed by atoms with Gasteiger partial charge in [0.15, 0.2) is 0 Å². The second kappa shape index (κ2) is 4.97. The number of nitrogens with zero attached hydrogens (tertiary/aromatic N) is 1. The van der Waals surface area contributed by atoms with Gasteiger partial charge in [-0.15, -0.1) is 11.3 Å². The van der Waals surface area contributed by atoms with Gasteiger partial charge in [-0.25, -0.2) is 8.78 Å². The van der Waals surface area contributed by atoms with Gasteiger partial charge in [0, 0.05) is 34.9 Å². The fourth-order valence-electron chi connectivity index (χ4n) is 3.41. The molecule has 5 nitrogen and oxygen atoms in total. The van der Waals surface area contributed by atoms with Gasteiger partial charge < -0.3 is 10.1 Å². The van der Waals surface area contributed by atoms with Gasteiger partial charge in [-0.1, -0.05) is 6.92 Å². The summed E-state index contributed by atoms with van der Waals surface area (Å²) in [6.45, 7) is 1.64. The smallest absolute Gasteiger partial charge is 0.266 e. The highest BCUT2D eigenvalue weighted by atomic mass is 32.1. The minimum Gasteiger partial charge on any atom is -0.383 e. The van der Waals surface area contributed by atoms with E-state index in [2.05, 4.69) is 15.2 Å². The van der Waals surface area contributed by atoms with Gasteiger partial charge >= 0.3 is 0 Å². The number of halogens is 2. The number of aliphatic hydroxyl groups is 1. The van der Waals surface area contributed by atoms with Crippen LogP contribution in [0.5, 0.6) is 0 Å². The van der Waals surface area contributed by atoms with Gasteiger partial charge in [-0.05, 0) is 18.1 Å². The molecule has 0 aromatic carbocycles. The number of hydrogen-bond donors (Lipinski definition) is 3. The van der Waals surface area contributed by atoms with Crippen LogP contribution >= 0.6 is 11.3 Å². The van der Waals surface area contributed by atoms with E-state index in [1.807, 2.05) is 0 Å². The SMILES string of the molecule is CC[C@@]1(O)CC(F)(F)Cc2c1[nH]c(=O)c1sc(-c3cn[nH]c3)cc21. The molecule has 126 valence electrons.